The van der Waals surface area contributed by atoms with E-state index in [1.54, 1.807) is 21.3 Å². The second-order valence-corrected chi connectivity index (χ2v) is 4.35. The van der Waals surface area contributed by atoms with Crippen LogP contribution in [0.1, 0.15) is 5.56 Å². The Morgan fingerprint density at radius 1 is 1.11 bits per heavy atom. The number of ether oxygens (including phenoxy) is 4. The molecule has 5 heteroatoms. The summed E-state index contributed by atoms with van der Waals surface area (Å²) in [5.41, 5.74) is 0.582. The predicted molar refractivity (Wildman–Crippen MR) is 65.7 cm³/mol. The minimum absolute atomic E-state index is 0.0334. The monoisotopic (exact) mass is 254 g/mol. The Hall–Kier alpha value is -1.46. The van der Waals surface area contributed by atoms with Crippen molar-refractivity contribution >= 4 is 0 Å². The van der Waals surface area contributed by atoms with Gasteiger partial charge in [-0.15, -0.1) is 0 Å². The van der Waals surface area contributed by atoms with Crippen LogP contribution in [0.5, 0.6) is 17.2 Å². The molecule has 0 unspecified atom stereocenters. The molecule has 0 bridgehead atoms. The van der Waals surface area contributed by atoms with E-state index in [0.29, 0.717) is 30.5 Å². The highest BCUT2D eigenvalue weighted by atomic mass is 16.5. The van der Waals surface area contributed by atoms with Gasteiger partial charge in [-0.05, 0) is 17.7 Å². The van der Waals surface area contributed by atoms with Gasteiger partial charge in [-0.3, -0.25) is 0 Å². The molecule has 0 aromatic heterocycles. The number of hydrogen-bond acceptors (Lipinski definition) is 5. The van der Waals surface area contributed by atoms with E-state index in [4.69, 9.17) is 18.9 Å². The summed E-state index contributed by atoms with van der Waals surface area (Å²) in [7, 11) is 4.71. The number of methoxy groups -OCH3 is 3. The van der Waals surface area contributed by atoms with Gasteiger partial charge in [-0.1, -0.05) is 0 Å². The van der Waals surface area contributed by atoms with E-state index in [9.17, 15) is 5.11 Å². The molecule has 0 saturated carbocycles. The molecule has 0 radical (unpaired) electrons. The first-order valence-corrected chi connectivity index (χ1v) is 5.70. The number of benzene rings is 1. The van der Waals surface area contributed by atoms with Crippen LogP contribution in [0.4, 0.5) is 0 Å². The zero-order chi connectivity index (χ0) is 13.2. The van der Waals surface area contributed by atoms with Gasteiger partial charge < -0.3 is 24.1 Å². The maximum absolute atomic E-state index is 9.55. The average Bonchev–Trinajstić information content (AvgIpc) is 2.36. The second-order valence-electron chi connectivity index (χ2n) is 4.35. The molecule has 1 saturated heterocycles. The Morgan fingerprint density at radius 2 is 1.67 bits per heavy atom. The van der Waals surface area contributed by atoms with Gasteiger partial charge >= 0.3 is 0 Å². The summed E-state index contributed by atoms with van der Waals surface area (Å²) in [5, 5.41) is 9.55. The van der Waals surface area contributed by atoms with Crippen molar-refractivity contribution in [1.29, 1.82) is 0 Å². The average molecular weight is 254 g/mol. The molecule has 0 aliphatic carbocycles. The van der Waals surface area contributed by atoms with Gasteiger partial charge in [0.15, 0.2) is 11.5 Å². The molecule has 1 heterocycles. The molecular formula is C13H18O5. The van der Waals surface area contributed by atoms with Crippen molar-refractivity contribution in [3.63, 3.8) is 0 Å². The van der Waals surface area contributed by atoms with Crippen LogP contribution in [-0.4, -0.2) is 46.3 Å². The predicted octanol–water partition coefficient (Wildman–Crippen LogP) is 0.973. The minimum atomic E-state index is -0.354. The van der Waals surface area contributed by atoms with Crippen LogP contribution in [0.2, 0.25) is 0 Å². The molecule has 18 heavy (non-hydrogen) atoms. The number of aliphatic hydroxyl groups is 1. The van der Waals surface area contributed by atoms with E-state index < -0.39 is 0 Å². The first-order valence-electron chi connectivity index (χ1n) is 5.70. The summed E-state index contributed by atoms with van der Waals surface area (Å²) in [6.45, 7) is 1.04. The smallest absolute Gasteiger partial charge is 0.203 e. The molecule has 2 rings (SSSR count). The fourth-order valence-electron chi connectivity index (χ4n) is 2.08. The molecule has 1 aromatic carbocycles. The Bertz CT molecular complexity index is 395. The van der Waals surface area contributed by atoms with Gasteiger partial charge in [0, 0.05) is 0 Å². The van der Waals surface area contributed by atoms with Crippen molar-refractivity contribution in [1.82, 2.24) is 0 Å². The normalized spacial score (nSPS) is 16.9. The van der Waals surface area contributed by atoms with E-state index in [-0.39, 0.29) is 12.0 Å². The first-order chi connectivity index (χ1) is 8.70. The standard InChI is InChI=1S/C13H18O5/c1-15-10-4-9(13(6-14)7-18-8-13)5-11(16-2)12(10)17-3/h4-5,14H,6-8H2,1-3H3. The van der Waals surface area contributed by atoms with Gasteiger partial charge in [0.2, 0.25) is 5.75 Å². The highest BCUT2D eigenvalue weighted by Crippen LogP contribution is 2.43. The maximum atomic E-state index is 9.55. The summed E-state index contributed by atoms with van der Waals surface area (Å²) in [4.78, 5) is 0. The van der Waals surface area contributed by atoms with Crippen molar-refractivity contribution in [3.8, 4) is 17.2 Å². The molecule has 1 fully saturated rings. The summed E-state index contributed by atoms with van der Waals surface area (Å²) < 4.78 is 21.1. The lowest BCUT2D eigenvalue weighted by molar-refractivity contribution is -0.0842. The van der Waals surface area contributed by atoms with Crippen LogP contribution < -0.4 is 14.2 Å². The van der Waals surface area contributed by atoms with Crippen molar-refractivity contribution in [3.05, 3.63) is 17.7 Å². The Morgan fingerprint density at radius 3 is 1.94 bits per heavy atom. The molecule has 0 amide bonds. The molecule has 0 spiro atoms. The fraction of sp³-hybridized carbons (Fsp3) is 0.538. The third kappa shape index (κ3) is 1.89. The van der Waals surface area contributed by atoms with Gasteiger partial charge in [0.25, 0.3) is 0 Å². The molecule has 1 N–H and O–H groups in total. The van der Waals surface area contributed by atoms with Gasteiger partial charge in [0.1, 0.15) is 0 Å². The topological polar surface area (TPSA) is 57.2 Å². The molecular weight excluding hydrogens is 236 g/mol. The lowest BCUT2D eigenvalue weighted by Crippen LogP contribution is -2.49. The van der Waals surface area contributed by atoms with Crippen LogP contribution in [0.15, 0.2) is 12.1 Å². The lowest BCUT2D eigenvalue weighted by Gasteiger charge is -2.40. The van der Waals surface area contributed by atoms with Crippen LogP contribution >= 0.6 is 0 Å². The first kappa shape index (κ1) is 13.0. The zero-order valence-corrected chi connectivity index (χ0v) is 10.9. The number of rotatable bonds is 5. The maximum Gasteiger partial charge on any atom is 0.203 e. The van der Waals surface area contributed by atoms with Gasteiger partial charge in [-0.25, -0.2) is 0 Å². The largest absolute Gasteiger partial charge is 0.493 e. The van der Waals surface area contributed by atoms with Crippen molar-refractivity contribution < 1.29 is 24.1 Å². The third-order valence-corrected chi connectivity index (χ3v) is 3.34. The van der Waals surface area contributed by atoms with E-state index in [1.807, 2.05) is 12.1 Å². The summed E-state index contributed by atoms with van der Waals surface area (Å²) in [6.07, 6.45) is 0. The van der Waals surface area contributed by atoms with E-state index >= 15 is 0 Å². The zero-order valence-electron chi connectivity index (χ0n) is 10.9. The number of aliphatic hydroxyl groups excluding tert-OH is 1. The van der Waals surface area contributed by atoms with Crippen molar-refractivity contribution in [2.24, 2.45) is 0 Å². The molecule has 1 aliphatic heterocycles. The Labute approximate surface area is 106 Å². The summed E-state index contributed by atoms with van der Waals surface area (Å²) >= 11 is 0. The molecule has 5 nitrogen and oxygen atoms in total. The highest BCUT2D eigenvalue weighted by molar-refractivity contribution is 5.55. The molecule has 1 aliphatic rings. The van der Waals surface area contributed by atoms with Crippen molar-refractivity contribution in [2.45, 2.75) is 5.41 Å². The van der Waals surface area contributed by atoms with E-state index in [0.717, 1.165) is 5.56 Å². The lowest BCUT2D eigenvalue weighted by atomic mass is 9.79. The molecule has 100 valence electrons. The third-order valence-electron chi connectivity index (χ3n) is 3.34. The Kier molecular flexibility index (Phi) is 3.63. The Balaban J connectivity index is 2.49. The van der Waals surface area contributed by atoms with Crippen LogP contribution in [0.25, 0.3) is 0 Å². The fourth-order valence-corrected chi connectivity index (χ4v) is 2.08. The molecule has 0 atom stereocenters. The second kappa shape index (κ2) is 5.04. The van der Waals surface area contributed by atoms with Crippen LogP contribution in [0.3, 0.4) is 0 Å². The van der Waals surface area contributed by atoms with E-state index in [1.165, 1.54) is 0 Å². The van der Waals surface area contributed by atoms with Crippen LogP contribution in [-0.2, 0) is 10.2 Å². The summed E-state index contributed by atoms with van der Waals surface area (Å²) in [5.74, 6) is 1.73. The number of hydrogen-bond donors (Lipinski definition) is 1. The van der Waals surface area contributed by atoms with Crippen molar-refractivity contribution in [2.75, 3.05) is 41.2 Å². The van der Waals surface area contributed by atoms with Gasteiger partial charge in [-0.2, -0.15) is 0 Å². The van der Waals surface area contributed by atoms with Gasteiger partial charge in [0.05, 0.1) is 46.6 Å². The highest BCUT2D eigenvalue weighted by Gasteiger charge is 2.41. The minimum Gasteiger partial charge on any atom is -0.493 e. The quantitative estimate of drug-likeness (QED) is 0.848. The molecule has 1 aromatic rings. The van der Waals surface area contributed by atoms with E-state index in [2.05, 4.69) is 0 Å². The summed E-state index contributed by atoms with van der Waals surface area (Å²) in [6, 6.07) is 3.72. The van der Waals surface area contributed by atoms with Crippen LogP contribution in [0, 0.1) is 0 Å². The SMILES string of the molecule is COc1cc(C2(CO)COC2)cc(OC)c1OC.